The molecule has 1 aliphatic heterocycles. The van der Waals surface area contributed by atoms with Crippen molar-refractivity contribution >= 4 is 44.6 Å². The van der Waals surface area contributed by atoms with E-state index >= 15 is 0 Å². The molecule has 0 spiro atoms. The number of anilines is 3. The maximum atomic E-state index is 13.5. The number of rotatable bonds is 8. The topological polar surface area (TPSA) is 79.0 Å². The van der Waals surface area contributed by atoms with Gasteiger partial charge in [0.2, 0.25) is 5.91 Å². The highest BCUT2D eigenvalue weighted by Crippen LogP contribution is 2.28. The maximum Gasteiger partial charge on any atom is 0.264 e. The molecule has 1 amide bonds. The SMILES string of the molecule is COc1ccc(S(=O)(=O)N(CC(=O)Nc2ccc(N3CCCCC3)cc2)c2cccc(Cl)c2)cc1. The van der Waals surface area contributed by atoms with Crippen molar-refractivity contribution in [3.63, 3.8) is 0 Å². The van der Waals surface area contributed by atoms with Crippen LogP contribution in [0.25, 0.3) is 0 Å². The first-order valence-electron chi connectivity index (χ1n) is 11.4. The minimum atomic E-state index is -4.05. The Balaban J connectivity index is 1.54. The van der Waals surface area contributed by atoms with E-state index in [1.54, 1.807) is 30.3 Å². The van der Waals surface area contributed by atoms with E-state index in [1.165, 1.54) is 44.6 Å². The van der Waals surface area contributed by atoms with E-state index in [2.05, 4.69) is 10.2 Å². The van der Waals surface area contributed by atoms with E-state index in [-0.39, 0.29) is 4.90 Å². The number of benzene rings is 3. The number of hydrogen-bond donors (Lipinski definition) is 1. The van der Waals surface area contributed by atoms with Crippen LogP contribution in [0.3, 0.4) is 0 Å². The zero-order chi connectivity index (χ0) is 24.8. The van der Waals surface area contributed by atoms with Gasteiger partial charge >= 0.3 is 0 Å². The summed E-state index contributed by atoms with van der Waals surface area (Å²) < 4.78 is 33.2. The van der Waals surface area contributed by atoms with E-state index in [1.807, 2.05) is 24.3 Å². The predicted molar refractivity (Wildman–Crippen MR) is 140 cm³/mol. The number of piperidine rings is 1. The number of amides is 1. The number of nitrogens with one attached hydrogen (secondary N) is 1. The summed E-state index contributed by atoms with van der Waals surface area (Å²) >= 11 is 6.13. The Morgan fingerprint density at radius 3 is 2.31 bits per heavy atom. The van der Waals surface area contributed by atoms with Crippen LogP contribution in [-0.2, 0) is 14.8 Å². The highest BCUT2D eigenvalue weighted by Gasteiger charge is 2.27. The number of ether oxygens (including phenoxy) is 1. The molecule has 0 aromatic heterocycles. The quantitative estimate of drug-likeness (QED) is 0.449. The highest BCUT2D eigenvalue weighted by atomic mass is 35.5. The van der Waals surface area contributed by atoms with Gasteiger partial charge in [0, 0.05) is 29.5 Å². The molecule has 3 aromatic carbocycles. The summed E-state index contributed by atoms with van der Waals surface area (Å²) in [5, 5.41) is 3.18. The molecule has 0 saturated carbocycles. The molecule has 3 aromatic rings. The molecule has 184 valence electrons. The lowest BCUT2D eigenvalue weighted by atomic mass is 10.1. The summed E-state index contributed by atoms with van der Waals surface area (Å²) in [5.74, 6) is 0.0665. The molecule has 1 N–H and O–H groups in total. The van der Waals surface area contributed by atoms with Crippen LogP contribution in [0.2, 0.25) is 5.02 Å². The Morgan fingerprint density at radius 2 is 1.69 bits per heavy atom. The van der Waals surface area contributed by atoms with Crippen molar-refractivity contribution in [2.45, 2.75) is 24.2 Å². The van der Waals surface area contributed by atoms with Crippen molar-refractivity contribution in [2.75, 3.05) is 41.3 Å². The van der Waals surface area contributed by atoms with Crippen molar-refractivity contribution in [3.8, 4) is 5.75 Å². The van der Waals surface area contributed by atoms with Gasteiger partial charge in [-0.3, -0.25) is 9.10 Å². The summed E-state index contributed by atoms with van der Waals surface area (Å²) in [6, 6.07) is 20.1. The number of sulfonamides is 1. The molecule has 9 heteroatoms. The molecule has 1 fully saturated rings. The zero-order valence-corrected chi connectivity index (χ0v) is 21.1. The van der Waals surface area contributed by atoms with E-state index in [0.29, 0.717) is 22.1 Å². The molecular formula is C26H28ClN3O4S. The molecule has 0 radical (unpaired) electrons. The highest BCUT2D eigenvalue weighted by molar-refractivity contribution is 7.92. The van der Waals surface area contributed by atoms with Gasteiger partial charge in [0.05, 0.1) is 17.7 Å². The third-order valence-electron chi connectivity index (χ3n) is 5.90. The molecule has 0 atom stereocenters. The number of methoxy groups -OCH3 is 1. The van der Waals surface area contributed by atoms with E-state index in [4.69, 9.17) is 16.3 Å². The summed E-state index contributed by atoms with van der Waals surface area (Å²) in [7, 11) is -2.55. The second-order valence-electron chi connectivity index (χ2n) is 8.31. The molecule has 1 heterocycles. The van der Waals surface area contributed by atoms with E-state index in [0.717, 1.165) is 23.1 Å². The number of hydrogen-bond acceptors (Lipinski definition) is 5. The van der Waals surface area contributed by atoms with Gasteiger partial charge < -0.3 is 15.0 Å². The second-order valence-corrected chi connectivity index (χ2v) is 10.6. The standard InChI is InChI=1S/C26H28ClN3O4S/c1-34-24-12-14-25(15-13-24)35(32,33)30(23-7-5-6-20(27)18-23)19-26(31)28-21-8-10-22(11-9-21)29-16-3-2-4-17-29/h5-15,18H,2-4,16-17,19H2,1H3,(H,28,31). The second kappa shape index (κ2) is 11.0. The van der Waals surface area contributed by atoms with Crippen molar-refractivity contribution in [1.29, 1.82) is 0 Å². The average Bonchev–Trinajstić information content (AvgIpc) is 2.88. The normalized spacial score (nSPS) is 13.8. The van der Waals surface area contributed by atoms with Gasteiger partial charge in [0.15, 0.2) is 0 Å². The monoisotopic (exact) mass is 513 g/mol. The van der Waals surface area contributed by atoms with Gasteiger partial charge in [-0.1, -0.05) is 17.7 Å². The minimum absolute atomic E-state index is 0.0389. The zero-order valence-electron chi connectivity index (χ0n) is 19.5. The van der Waals surface area contributed by atoms with Crippen molar-refractivity contribution in [2.24, 2.45) is 0 Å². The van der Waals surface area contributed by atoms with Crippen LogP contribution in [0.15, 0.2) is 77.7 Å². The van der Waals surface area contributed by atoms with Gasteiger partial charge in [-0.15, -0.1) is 0 Å². The van der Waals surface area contributed by atoms with Crippen LogP contribution < -0.4 is 19.3 Å². The minimum Gasteiger partial charge on any atom is -0.497 e. The van der Waals surface area contributed by atoms with Crippen LogP contribution >= 0.6 is 11.6 Å². The molecule has 4 rings (SSSR count). The van der Waals surface area contributed by atoms with Gasteiger partial charge in [-0.25, -0.2) is 8.42 Å². The summed E-state index contributed by atoms with van der Waals surface area (Å²) in [4.78, 5) is 15.3. The fourth-order valence-electron chi connectivity index (χ4n) is 4.06. The molecule has 0 bridgehead atoms. The Bertz CT molecular complexity index is 1260. The predicted octanol–water partition coefficient (Wildman–Crippen LogP) is 5.17. The summed E-state index contributed by atoms with van der Waals surface area (Å²) in [5.41, 5.74) is 2.01. The average molecular weight is 514 g/mol. The van der Waals surface area contributed by atoms with Crippen LogP contribution in [0.5, 0.6) is 5.75 Å². The van der Waals surface area contributed by atoms with Crippen molar-refractivity contribution in [3.05, 3.63) is 77.8 Å². The maximum absolute atomic E-state index is 13.5. The van der Waals surface area contributed by atoms with Crippen LogP contribution in [-0.4, -0.2) is 41.1 Å². The third kappa shape index (κ3) is 6.07. The first-order valence-corrected chi connectivity index (χ1v) is 13.3. The Hall–Kier alpha value is -3.23. The van der Waals surface area contributed by atoms with Crippen molar-refractivity contribution in [1.82, 2.24) is 0 Å². The molecule has 1 saturated heterocycles. The largest absolute Gasteiger partial charge is 0.497 e. The first kappa shape index (κ1) is 24.9. The summed E-state index contributed by atoms with van der Waals surface area (Å²) in [6.45, 7) is 1.65. The molecular weight excluding hydrogens is 486 g/mol. The Labute approximate surface area is 211 Å². The number of carbonyl (C=O) groups is 1. The van der Waals surface area contributed by atoms with Crippen LogP contribution in [0, 0.1) is 0 Å². The van der Waals surface area contributed by atoms with Gasteiger partial charge in [-0.2, -0.15) is 0 Å². The molecule has 0 unspecified atom stereocenters. The number of carbonyl (C=O) groups excluding carboxylic acids is 1. The number of halogens is 1. The Morgan fingerprint density at radius 1 is 1.00 bits per heavy atom. The fourth-order valence-corrected chi connectivity index (χ4v) is 5.66. The molecule has 1 aliphatic rings. The van der Waals surface area contributed by atoms with Gasteiger partial charge in [0.25, 0.3) is 10.0 Å². The first-order chi connectivity index (χ1) is 16.9. The number of nitrogens with zero attached hydrogens (tertiary/aromatic N) is 2. The lowest BCUT2D eigenvalue weighted by Crippen LogP contribution is -2.38. The molecule has 35 heavy (non-hydrogen) atoms. The lowest BCUT2D eigenvalue weighted by Gasteiger charge is -2.29. The fraction of sp³-hybridized carbons (Fsp3) is 0.269. The lowest BCUT2D eigenvalue weighted by molar-refractivity contribution is -0.114. The van der Waals surface area contributed by atoms with E-state index in [9.17, 15) is 13.2 Å². The van der Waals surface area contributed by atoms with Crippen LogP contribution in [0.1, 0.15) is 19.3 Å². The van der Waals surface area contributed by atoms with Gasteiger partial charge in [0.1, 0.15) is 12.3 Å². The van der Waals surface area contributed by atoms with Crippen LogP contribution in [0.4, 0.5) is 17.1 Å². The Kier molecular flexibility index (Phi) is 7.83. The third-order valence-corrected chi connectivity index (χ3v) is 7.93. The smallest absolute Gasteiger partial charge is 0.264 e. The molecule has 7 nitrogen and oxygen atoms in total. The van der Waals surface area contributed by atoms with E-state index < -0.39 is 22.5 Å². The van der Waals surface area contributed by atoms with Crippen molar-refractivity contribution < 1.29 is 17.9 Å². The molecule has 0 aliphatic carbocycles. The van der Waals surface area contributed by atoms with Gasteiger partial charge in [-0.05, 0) is 86.0 Å². The summed E-state index contributed by atoms with van der Waals surface area (Å²) in [6.07, 6.45) is 3.62.